The van der Waals surface area contributed by atoms with Gasteiger partial charge in [0.15, 0.2) is 11.6 Å². The lowest BCUT2D eigenvalue weighted by Gasteiger charge is -2.15. The molecule has 0 bridgehead atoms. The maximum Gasteiger partial charge on any atom is 0.487 e. The van der Waals surface area contributed by atoms with Gasteiger partial charge in [0.1, 0.15) is 0 Å². The molecular weight excluding hydrogens is 267 g/mol. The van der Waals surface area contributed by atoms with E-state index in [0.29, 0.717) is 16.6 Å². The lowest BCUT2D eigenvalue weighted by molar-refractivity contribution is -0.0974. The molecule has 0 fully saturated rings. The van der Waals surface area contributed by atoms with E-state index in [2.05, 4.69) is 16.3 Å². The quantitative estimate of drug-likeness (QED) is 0.663. The number of halogens is 4. The number of alkyl halides is 3. The van der Waals surface area contributed by atoms with Gasteiger partial charge < -0.3 is 10.5 Å². The zero-order chi connectivity index (χ0) is 13.5. The second-order valence-corrected chi connectivity index (χ2v) is 4.30. The SMILES string of the molecule is Cc1cc(N)cc2ccc(F)c(OC(F)(F)Cl)c12. The normalized spacial score (nSPS) is 11.8. The second kappa shape index (κ2) is 4.24. The summed E-state index contributed by atoms with van der Waals surface area (Å²) < 4.78 is 43.1. The predicted octanol–water partition coefficient (Wildman–Crippen LogP) is 4.04. The van der Waals surface area contributed by atoms with Crippen molar-refractivity contribution in [2.24, 2.45) is 0 Å². The van der Waals surface area contributed by atoms with Gasteiger partial charge in [-0.15, -0.1) is 8.78 Å². The Kier molecular flexibility index (Phi) is 3.02. The van der Waals surface area contributed by atoms with E-state index in [1.807, 2.05) is 0 Å². The van der Waals surface area contributed by atoms with Gasteiger partial charge in [-0.2, -0.15) is 0 Å². The number of aryl methyl sites for hydroxylation is 1. The fourth-order valence-corrected chi connectivity index (χ4v) is 1.94. The van der Waals surface area contributed by atoms with Crippen LogP contribution < -0.4 is 10.5 Å². The molecular formula is C12H9ClF3NO. The summed E-state index contributed by atoms with van der Waals surface area (Å²) in [5, 5.41) is 0.731. The van der Waals surface area contributed by atoms with Crippen LogP contribution in [-0.2, 0) is 0 Å². The molecule has 0 aliphatic rings. The van der Waals surface area contributed by atoms with Crippen molar-refractivity contribution in [2.75, 3.05) is 5.73 Å². The minimum atomic E-state index is -3.97. The first-order valence-corrected chi connectivity index (χ1v) is 5.40. The highest BCUT2D eigenvalue weighted by Gasteiger charge is 2.30. The molecule has 0 atom stereocenters. The molecule has 0 saturated carbocycles. The number of rotatable bonds is 2. The number of hydrogen-bond donors (Lipinski definition) is 1. The van der Waals surface area contributed by atoms with Crippen molar-refractivity contribution >= 4 is 28.1 Å². The third kappa shape index (κ3) is 2.46. The van der Waals surface area contributed by atoms with Gasteiger partial charge in [-0.3, -0.25) is 0 Å². The standard InChI is InChI=1S/C12H9ClF3NO/c1-6-4-8(17)5-7-2-3-9(14)11(10(6)7)18-12(13,15)16/h2-5H,17H2,1H3. The summed E-state index contributed by atoms with van der Waals surface area (Å²) >= 11 is 4.68. The van der Waals surface area contributed by atoms with Crippen molar-refractivity contribution in [3.8, 4) is 5.75 Å². The lowest BCUT2D eigenvalue weighted by Crippen LogP contribution is -2.17. The first-order valence-electron chi connectivity index (χ1n) is 5.02. The van der Waals surface area contributed by atoms with E-state index in [4.69, 9.17) is 5.73 Å². The monoisotopic (exact) mass is 275 g/mol. The smallest absolute Gasteiger partial charge is 0.416 e. The highest BCUT2D eigenvalue weighted by Crippen LogP contribution is 2.36. The van der Waals surface area contributed by atoms with Crippen LogP contribution in [0.1, 0.15) is 5.56 Å². The Labute approximate surface area is 106 Å². The summed E-state index contributed by atoms with van der Waals surface area (Å²) in [6.45, 7) is 1.62. The van der Waals surface area contributed by atoms with E-state index < -0.39 is 17.1 Å². The molecule has 0 aliphatic carbocycles. The highest BCUT2D eigenvalue weighted by atomic mass is 35.5. The van der Waals surface area contributed by atoms with Crippen LogP contribution >= 0.6 is 11.6 Å². The molecule has 6 heteroatoms. The Morgan fingerprint density at radius 1 is 1.28 bits per heavy atom. The minimum Gasteiger partial charge on any atom is -0.416 e. The molecule has 0 unspecified atom stereocenters. The van der Waals surface area contributed by atoms with Gasteiger partial charge in [0.2, 0.25) is 0 Å². The van der Waals surface area contributed by atoms with Crippen molar-refractivity contribution in [3.05, 3.63) is 35.6 Å². The van der Waals surface area contributed by atoms with Crippen LogP contribution in [0.5, 0.6) is 5.75 Å². The Bertz CT molecular complexity index is 610. The summed E-state index contributed by atoms with van der Waals surface area (Å²) in [5.74, 6) is -1.49. The number of nitrogen functional groups attached to an aromatic ring is 1. The second-order valence-electron chi connectivity index (χ2n) is 3.86. The summed E-state index contributed by atoms with van der Waals surface area (Å²) in [6, 6.07) is 5.55. The molecule has 2 aromatic carbocycles. The van der Waals surface area contributed by atoms with Crippen LogP contribution in [0.15, 0.2) is 24.3 Å². The molecule has 0 aromatic heterocycles. The van der Waals surface area contributed by atoms with Crippen molar-refractivity contribution in [1.29, 1.82) is 0 Å². The topological polar surface area (TPSA) is 35.2 Å². The lowest BCUT2D eigenvalue weighted by atomic mass is 10.0. The van der Waals surface area contributed by atoms with Crippen molar-refractivity contribution in [3.63, 3.8) is 0 Å². The van der Waals surface area contributed by atoms with Gasteiger partial charge in [0, 0.05) is 22.7 Å². The van der Waals surface area contributed by atoms with E-state index in [1.54, 1.807) is 19.1 Å². The molecule has 0 heterocycles. The molecule has 2 nitrogen and oxygen atoms in total. The average molecular weight is 276 g/mol. The van der Waals surface area contributed by atoms with Crippen molar-refractivity contribution < 1.29 is 17.9 Å². The van der Waals surface area contributed by atoms with Crippen LogP contribution in [0.3, 0.4) is 0 Å². The number of hydrogen-bond acceptors (Lipinski definition) is 2. The van der Waals surface area contributed by atoms with Gasteiger partial charge in [0.25, 0.3) is 0 Å². The number of ether oxygens (including phenoxy) is 1. The maximum absolute atomic E-state index is 13.6. The number of nitrogens with two attached hydrogens (primary N) is 1. The molecule has 0 spiro atoms. The Balaban J connectivity index is 2.74. The molecule has 2 N–H and O–H groups in total. The number of benzene rings is 2. The van der Waals surface area contributed by atoms with E-state index in [0.717, 1.165) is 6.07 Å². The van der Waals surface area contributed by atoms with Gasteiger partial charge in [-0.25, -0.2) is 4.39 Å². The van der Waals surface area contributed by atoms with Crippen LogP contribution in [-0.4, -0.2) is 5.57 Å². The fourth-order valence-electron chi connectivity index (χ4n) is 1.86. The van der Waals surface area contributed by atoms with Crippen LogP contribution in [0.4, 0.5) is 18.9 Å². The first kappa shape index (κ1) is 12.8. The summed E-state index contributed by atoms with van der Waals surface area (Å²) in [7, 11) is 0. The van der Waals surface area contributed by atoms with Gasteiger partial charge in [-0.05, 0) is 36.1 Å². The molecule has 2 rings (SSSR count). The van der Waals surface area contributed by atoms with E-state index >= 15 is 0 Å². The molecule has 0 amide bonds. The fraction of sp³-hybridized carbons (Fsp3) is 0.167. The maximum atomic E-state index is 13.6. The van der Waals surface area contributed by atoms with Crippen LogP contribution in [0.25, 0.3) is 10.8 Å². The largest absolute Gasteiger partial charge is 0.487 e. The highest BCUT2D eigenvalue weighted by molar-refractivity contribution is 6.21. The Morgan fingerprint density at radius 2 is 1.94 bits per heavy atom. The Morgan fingerprint density at radius 3 is 2.56 bits per heavy atom. The predicted molar refractivity (Wildman–Crippen MR) is 64.5 cm³/mol. The molecule has 2 aromatic rings. The van der Waals surface area contributed by atoms with E-state index in [-0.39, 0.29) is 5.39 Å². The Hall–Kier alpha value is -1.62. The number of anilines is 1. The zero-order valence-electron chi connectivity index (χ0n) is 9.31. The molecule has 0 aliphatic heterocycles. The van der Waals surface area contributed by atoms with Crippen LogP contribution in [0.2, 0.25) is 0 Å². The average Bonchev–Trinajstić information content (AvgIpc) is 2.20. The molecule has 0 radical (unpaired) electrons. The molecule has 96 valence electrons. The van der Waals surface area contributed by atoms with Crippen molar-refractivity contribution in [1.82, 2.24) is 0 Å². The van der Waals surface area contributed by atoms with Gasteiger partial charge >= 0.3 is 5.57 Å². The third-order valence-electron chi connectivity index (χ3n) is 2.46. The van der Waals surface area contributed by atoms with E-state index in [9.17, 15) is 13.2 Å². The molecule has 18 heavy (non-hydrogen) atoms. The van der Waals surface area contributed by atoms with Crippen LogP contribution in [0, 0.1) is 12.7 Å². The third-order valence-corrected chi connectivity index (χ3v) is 2.54. The number of fused-ring (bicyclic) bond motifs is 1. The minimum absolute atomic E-state index is 0.226. The summed E-state index contributed by atoms with van der Waals surface area (Å²) in [4.78, 5) is 0. The first-order chi connectivity index (χ1) is 8.28. The zero-order valence-corrected chi connectivity index (χ0v) is 10.1. The van der Waals surface area contributed by atoms with Crippen molar-refractivity contribution in [2.45, 2.75) is 12.5 Å². The van der Waals surface area contributed by atoms with E-state index in [1.165, 1.54) is 6.07 Å². The van der Waals surface area contributed by atoms with Gasteiger partial charge in [-0.1, -0.05) is 6.07 Å². The summed E-state index contributed by atoms with van der Waals surface area (Å²) in [6.07, 6.45) is 0. The summed E-state index contributed by atoms with van der Waals surface area (Å²) in [5.41, 5.74) is 2.64. The van der Waals surface area contributed by atoms with Gasteiger partial charge in [0.05, 0.1) is 0 Å². The molecule has 0 saturated heterocycles.